The Labute approximate surface area is 204 Å². The first kappa shape index (κ1) is 22.5. The summed E-state index contributed by atoms with van der Waals surface area (Å²) >= 11 is 1.70. The van der Waals surface area contributed by atoms with Gasteiger partial charge in [0.2, 0.25) is 0 Å². The molecule has 34 heavy (non-hydrogen) atoms. The van der Waals surface area contributed by atoms with Gasteiger partial charge < -0.3 is 10.6 Å². The highest BCUT2D eigenvalue weighted by atomic mass is 32.2. The van der Waals surface area contributed by atoms with Gasteiger partial charge in [-0.3, -0.25) is 9.59 Å². The minimum absolute atomic E-state index is 0.0239. The molecule has 1 aliphatic carbocycles. The van der Waals surface area contributed by atoms with Crippen molar-refractivity contribution in [1.29, 1.82) is 0 Å². The Kier molecular flexibility index (Phi) is 5.82. The smallest absolute Gasteiger partial charge is 0.193 e. The third-order valence-electron chi connectivity index (χ3n) is 6.57. The van der Waals surface area contributed by atoms with Gasteiger partial charge in [-0.05, 0) is 47.6 Å². The number of benzene rings is 3. The molecule has 0 unspecified atom stereocenters. The number of carbonyl (C=O) groups excluding carboxylic acids is 2. The molecule has 0 bridgehead atoms. The van der Waals surface area contributed by atoms with Gasteiger partial charge in [0.1, 0.15) is 5.78 Å². The monoisotopic (exact) mass is 468 g/mol. The Morgan fingerprint density at radius 3 is 2.38 bits per heavy atom. The maximum absolute atomic E-state index is 13.4. The Morgan fingerprint density at radius 1 is 0.941 bits per heavy atom. The van der Waals surface area contributed by atoms with Crippen LogP contribution < -0.4 is 10.6 Å². The van der Waals surface area contributed by atoms with Crippen LogP contribution in [0.1, 0.15) is 47.8 Å². The number of thioether (sulfide) groups is 1. The predicted molar refractivity (Wildman–Crippen MR) is 140 cm³/mol. The summed E-state index contributed by atoms with van der Waals surface area (Å²) in [6.07, 6.45) is 4.74. The predicted octanol–water partition coefficient (Wildman–Crippen LogP) is 6.72. The van der Waals surface area contributed by atoms with E-state index in [0.29, 0.717) is 17.5 Å². The van der Waals surface area contributed by atoms with E-state index in [0.717, 1.165) is 22.6 Å². The number of Topliss-reactive ketones (excluding diaryl/α,β-unsaturated/α-hetero) is 1. The Morgan fingerprint density at radius 2 is 1.68 bits per heavy atom. The topological polar surface area (TPSA) is 58.2 Å². The zero-order valence-corrected chi connectivity index (χ0v) is 20.4. The van der Waals surface area contributed by atoms with E-state index >= 15 is 0 Å². The van der Waals surface area contributed by atoms with Gasteiger partial charge in [-0.25, -0.2) is 0 Å². The lowest BCUT2D eigenvalue weighted by Gasteiger charge is -2.35. The molecule has 4 nitrogen and oxygen atoms in total. The van der Waals surface area contributed by atoms with E-state index < -0.39 is 0 Å². The van der Waals surface area contributed by atoms with E-state index in [1.165, 1.54) is 4.90 Å². The van der Waals surface area contributed by atoms with E-state index in [1.54, 1.807) is 11.8 Å². The van der Waals surface area contributed by atoms with Crippen molar-refractivity contribution in [3.8, 4) is 0 Å². The summed E-state index contributed by atoms with van der Waals surface area (Å²) in [5.41, 5.74) is 4.70. The normalized spacial score (nSPS) is 20.7. The van der Waals surface area contributed by atoms with Crippen molar-refractivity contribution < 1.29 is 9.59 Å². The molecular weight excluding hydrogens is 440 g/mol. The SMILES string of the molecule is CSc1ccc([C@@H]2Nc3ccc(C(=O)c4ccccc4)cc3NC3=CC(C)(C)CC(=O)[C@H]32)cc1. The van der Waals surface area contributed by atoms with Gasteiger partial charge in [0.05, 0.1) is 23.3 Å². The molecular formula is C29H28N2O2S. The molecule has 0 radical (unpaired) electrons. The highest BCUT2D eigenvalue weighted by molar-refractivity contribution is 7.98. The first-order chi connectivity index (χ1) is 16.3. The van der Waals surface area contributed by atoms with Crippen molar-refractivity contribution in [1.82, 2.24) is 0 Å². The van der Waals surface area contributed by atoms with Crippen molar-refractivity contribution in [2.75, 3.05) is 16.9 Å². The standard InChI is InChI=1S/C29H28N2O2S/c1-29(2)16-24-26(25(32)17-29)27(18-9-12-21(34-3)13-10-18)31-22-14-11-20(15-23(22)30-24)28(33)19-7-5-4-6-8-19/h4-16,26-27,30-31H,17H2,1-3H3/t26-,27-/m0/s1. The first-order valence-corrected chi connectivity index (χ1v) is 12.7. The van der Waals surface area contributed by atoms with Crippen LogP contribution in [0.5, 0.6) is 0 Å². The maximum Gasteiger partial charge on any atom is 0.193 e. The number of carbonyl (C=O) groups is 2. The molecule has 172 valence electrons. The van der Waals surface area contributed by atoms with Gasteiger partial charge in [0.15, 0.2) is 5.78 Å². The van der Waals surface area contributed by atoms with Gasteiger partial charge in [-0.2, -0.15) is 0 Å². The Bertz CT molecular complexity index is 1280. The third-order valence-corrected chi connectivity index (χ3v) is 7.32. The molecule has 0 saturated heterocycles. The molecule has 0 fully saturated rings. The second-order valence-electron chi connectivity index (χ2n) is 9.68. The minimum Gasteiger partial charge on any atom is -0.375 e. The van der Waals surface area contributed by atoms with Crippen LogP contribution in [-0.4, -0.2) is 17.8 Å². The highest BCUT2D eigenvalue weighted by Gasteiger charge is 2.41. The molecule has 0 spiro atoms. The summed E-state index contributed by atoms with van der Waals surface area (Å²) < 4.78 is 0. The molecule has 0 saturated carbocycles. The van der Waals surface area contributed by atoms with E-state index in [9.17, 15) is 9.59 Å². The second-order valence-corrected chi connectivity index (χ2v) is 10.6. The van der Waals surface area contributed by atoms with Gasteiger partial charge in [-0.1, -0.05) is 62.4 Å². The average molecular weight is 469 g/mol. The summed E-state index contributed by atoms with van der Waals surface area (Å²) in [5, 5.41) is 7.17. The van der Waals surface area contributed by atoms with Gasteiger partial charge in [0.25, 0.3) is 0 Å². The molecule has 3 aromatic carbocycles. The summed E-state index contributed by atoms with van der Waals surface area (Å²) in [6, 6.07) is 23.2. The van der Waals surface area contributed by atoms with Crippen LogP contribution in [0.3, 0.4) is 0 Å². The number of nitrogens with one attached hydrogen (secondary N) is 2. The summed E-state index contributed by atoms with van der Waals surface area (Å²) in [7, 11) is 0. The Balaban J connectivity index is 1.59. The molecule has 1 aliphatic heterocycles. The van der Waals surface area contributed by atoms with E-state index in [1.807, 2.05) is 48.5 Å². The number of hydrogen-bond donors (Lipinski definition) is 2. The fourth-order valence-electron chi connectivity index (χ4n) is 4.94. The van der Waals surface area contributed by atoms with Crippen molar-refractivity contribution in [2.24, 2.45) is 11.3 Å². The molecule has 1 heterocycles. The summed E-state index contributed by atoms with van der Waals surface area (Å²) in [4.78, 5) is 27.7. The van der Waals surface area contributed by atoms with Crippen LogP contribution in [0.15, 0.2) is 89.5 Å². The molecule has 2 aliphatic rings. The van der Waals surface area contributed by atoms with Crippen LogP contribution in [-0.2, 0) is 4.79 Å². The summed E-state index contributed by atoms with van der Waals surface area (Å²) in [5.74, 6) is -0.132. The zero-order valence-electron chi connectivity index (χ0n) is 19.6. The van der Waals surface area contributed by atoms with Crippen molar-refractivity contribution in [3.63, 3.8) is 0 Å². The van der Waals surface area contributed by atoms with Gasteiger partial charge >= 0.3 is 0 Å². The minimum atomic E-state index is -0.325. The number of rotatable bonds is 4. The quantitative estimate of drug-likeness (QED) is 0.329. The Hall–Kier alpha value is -3.31. The van der Waals surface area contributed by atoms with Crippen LogP contribution in [0.4, 0.5) is 11.4 Å². The maximum atomic E-state index is 13.4. The fraction of sp³-hybridized carbons (Fsp3) is 0.241. The van der Waals surface area contributed by atoms with Crippen LogP contribution in [0.2, 0.25) is 0 Å². The van der Waals surface area contributed by atoms with Crippen LogP contribution >= 0.6 is 11.8 Å². The molecule has 2 N–H and O–H groups in total. The zero-order chi connectivity index (χ0) is 23.9. The van der Waals surface area contributed by atoms with Gasteiger partial charge in [-0.15, -0.1) is 11.8 Å². The number of anilines is 2. The lowest BCUT2D eigenvalue weighted by molar-refractivity contribution is -0.124. The number of allylic oxidation sites excluding steroid dienone is 1. The fourth-order valence-corrected chi connectivity index (χ4v) is 5.35. The number of ketones is 2. The van der Waals surface area contributed by atoms with Crippen molar-refractivity contribution in [2.45, 2.75) is 31.2 Å². The van der Waals surface area contributed by atoms with Crippen molar-refractivity contribution >= 4 is 34.7 Å². The second kappa shape index (κ2) is 8.80. The average Bonchev–Trinajstić information content (AvgIpc) is 2.99. The lowest BCUT2D eigenvalue weighted by Crippen LogP contribution is -2.36. The van der Waals surface area contributed by atoms with E-state index in [-0.39, 0.29) is 28.9 Å². The molecule has 2 atom stereocenters. The molecule has 5 rings (SSSR count). The third kappa shape index (κ3) is 4.28. The molecule has 3 aromatic rings. The van der Waals surface area contributed by atoms with Crippen LogP contribution in [0.25, 0.3) is 0 Å². The molecule has 5 heteroatoms. The van der Waals surface area contributed by atoms with Crippen LogP contribution in [0, 0.1) is 11.3 Å². The first-order valence-electron chi connectivity index (χ1n) is 11.5. The lowest BCUT2D eigenvalue weighted by atomic mass is 9.72. The van der Waals surface area contributed by atoms with Crippen molar-refractivity contribution in [3.05, 3.63) is 101 Å². The van der Waals surface area contributed by atoms with Gasteiger partial charge in [0, 0.05) is 28.1 Å². The molecule has 0 amide bonds. The van der Waals surface area contributed by atoms with E-state index in [4.69, 9.17) is 0 Å². The largest absolute Gasteiger partial charge is 0.375 e. The summed E-state index contributed by atoms with van der Waals surface area (Å²) in [6.45, 7) is 4.18. The number of fused-ring (bicyclic) bond motifs is 2. The highest BCUT2D eigenvalue weighted by Crippen LogP contribution is 2.45. The molecule has 0 aromatic heterocycles. The number of hydrogen-bond acceptors (Lipinski definition) is 5. The van der Waals surface area contributed by atoms with E-state index in [2.05, 4.69) is 61.1 Å².